The fourth-order valence-electron chi connectivity index (χ4n) is 3.13. The molecule has 0 bridgehead atoms. The number of aryl methyl sites for hydroxylation is 1. The molecular formula is C22H23N3O3. The molecule has 0 aliphatic heterocycles. The highest BCUT2D eigenvalue weighted by atomic mass is 16.2. The van der Waals surface area contributed by atoms with Crippen LogP contribution in [0.3, 0.4) is 0 Å². The van der Waals surface area contributed by atoms with E-state index in [1.54, 1.807) is 0 Å². The SMILES string of the molecule is O=C(Cn1ccc(=O)[nH]c1=O)NC(CCCc1ccccc1)c1ccccc1. The van der Waals surface area contributed by atoms with Crippen molar-refractivity contribution in [3.63, 3.8) is 0 Å². The van der Waals surface area contributed by atoms with Crippen molar-refractivity contribution in [1.29, 1.82) is 0 Å². The van der Waals surface area contributed by atoms with Crippen molar-refractivity contribution >= 4 is 5.91 Å². The Kier molecular flexibility index (Phi) is 6.57. The van der Waals surface area contributed by atoms with E-state index < -0.39 is 11.2 Å². The Morgan fingerprint density at radius 3 is 2.32 bits per heavy atom. The molecular weight excluding hydrogens is 354 g/mol. The molecule has 0 fully saturated rings. The zero-order valence-corrected chi connectivity index (χ0v) is 15.5. The summed E-state index contributed by atoms with van der Waals surface area (Å²) in [6.45, 7) is -0.141. The standard InChI is InChI=1S/C22H23N3O3/c26-20-14-15-25(22(28)24-20)16-21(27)23-19(18-11-5-2-6-12-18)13-7-10-17-8-3-1-4-9-17/h1-6,8-9,11-12,14-15,19H,7,10,13,16H2,(H,23,27)(H,24,26,28). The molecule has 1 heterocycles. The number of rotatable bonds is 8. The van der Waals surface area contributed by atoms with Crippen LogP contribution in [-0.4, -0.2) is 15.5 Å². The van der Waals surface area contributed by atoms with Gasteiger partial charge in [0.2, 0.25) is 5.91 Å². The first-order valence-corrected chi connectivity index (χ1v) is 9.30. The summed E-state index contributed by atoms with van der Waals surface area (Å²) in [7, 11) is 0. The minimum Gasteiger partial charge on any atom is -0.348 e. The summed E-state index contributed by atoms with van der Waals surface area (Å²) in [6, 6.07) is 21.1. The number of benzene rings is 2. The maximum Gasteiger partial charge on any atom is 0.328 e. The van der Waals surface area contributed by atoms with E-state index in [1.807, 2.05) is 48.5 Å². The summed E-state index contributed by atoms with van der Waals surface area (Å²) in [5.41, 5.74) is 1.21. The summed E-state index contributed by atoms with van der Waals surface area (Å²) in [5, 5.41) is 3.02. The molecule has 1 amide bonds. The molecule has 144 valence electrons. The average Bonchev–Trinajstić information content (AvgIpc) is 2.71. The van der Waals surface area contributed by atoms with Crippen molar-refractivity contribution in [3.8, 4) is 0 Å². The number of nitrogens with zero attached hydrogens (tertiary/aromatic N) is 1. The van der Waals surface area contributed by atoms with E-state index in [9.17, 15) is 14.4 Å². The largest absolute Gasteiger partial charge is 0.348 e. The van der Waals surface area contributed by atoms with Crippen molar-refractivity contribution in [3.05, 3.63) is 105 Å². The molecule has 0 aliphatic rings. The van der Waals surface area contributed by atoms with Crippen LogP contribution in [0.2, 0.25) is 0 Å². The Morgan fingerprint density at radius 2 is 1.64 bits per heavy atom. The fraction of sp³-hybridized carbons (Fsp3) is 0.227. The lowest BCUT2D eigenvalue weighted by atomic mass is 9.99. The first kappa shape index (κ1) is 19.4. The Balaban J connectivity index is 1.65. The van der Waals surface area contributed by atoms with Crippen LogP contribution in [0.1, 0.15) is 30.0 Å². The number of hydrogen-bond donors (Lipinski definition) is 2. The first-order valence-electron chi connectivity index (χ1n) is 9.30. The predicted octanol–water partition coefficient (Wildman–Crippen LogP) is 2.42. The van der Waals surface area contributed by atoms with E-state index in [1.165, 1.54) is 22.4 Å². The third-order valence-electron chi connectivity index (χ3n) is 4.55. The van der Waals surface area contributed by atoms with Crippen molar-refractivity contribution in [1.82, 2.24) is 14.9 Å². The van der Waals surface area contributed by atoms with Gasteiger partial charge in [-0.05, 0) is 30.4 Å². The van der Waals surface area contributed by atoms with Crippen molar-refractivity contribution in [2.45, 2.75) is 31.8 Å². The molecule has 0 radical (unpaired) electrons. The van der Waals surface area contributed by atoms with Crippen LogP contribution in [0.25, 0.3) is 0 Å². The van der Waals surface area contributed by atoms with Gasteiger partial charge in [-0.2, -0.15) is 0 Å². The summed E-state index contributed by atoms with van der Waals surface area (Å²) in [5.74, 6) is -0.275. The van der Waals surface area contributed by atoms with E-state index in [4.69, 9.17) is 0 Å². The second-order valence-electron chi connectivity index (χ2n) is 6.65. The quantitative estimate of drug-likeness (QED) is 0.632. The fourth-order valence-corrected chi connectivity index (χ4v) is 3.13. The molecule has 0 saturated carbocycles. The van der Waals surface area contributed by atoms with Crippen molar-refractivity contribution in [2.24, 2.45) is 0 Å². The molecule has 3 aromatic rings. The topological polar surface area (TPSA) is 84.0 Å². The molecule has 3 rings (SSSR count). The van der Waals surface area contributed by atoms with Gasteiger partial charge in [-0.3, -0.25) is 19.1 Å². The Hall–Kier alpha value is -3.41. The van der Waals surface area contributed by atoms with Gasteiger partial charge in [0.15, 0.2) is 0 Å². The molecule has 2 N–H and O–H groups in total. The molecule has 6 heteroatoms. The molecule has 0 saturated heterocycles. The normalized spacial score (nSPS) is 11.7. The van der Waals surface area contributed by atoms with Crippen LogP contribution >= 0.6 is 0 Å². The van der Waals surface area contributed by atoms with Crippen LogP contribution in [0.15, 0.2) is 82.5 Å². The highest BCUT2D eigenvalue weighted by Crippen LogP contribution is 2.19. The maximum absolute atomic E-state index is 12.5. The molecule has 0 spiro atoms. The summed E-state index contributed by atoms with van der Waals surface area (Å²) < 4.78 is 1.18. The van der Waals surface area contributed by atoms with Crippen LogP contribution in [0.4, 0.5) is 0 Å². The van der Waals surface area contributed by atoms with Crippen molar-refractivity contribution in [2.75, 3.05) is 0 Å². The lowest BCUT2D eigenvalue weighted by Crippen LogP contribution is -2.37. The second kappa shape index (κ2) is 9.50. The lowest BCUT2D eigenvalue weighted by Gasteiger charge is -2.19. The van der Waals surface area contributed by atoms with E-state index in [0.717, 1.165) is 24.8 Å². The summed E-state index contributed by atoms with van der Waals surface area (Å²) >= 11 is 0. The maximum atomic E-state index is 12.5. The zero-order valence-electron chi connectivity index (χ0n) is 15.5. The number of H-pyrrole nitrogens is 1. The molecule has 2 aromatic carbocycles. The van der Waals surface area contributed by atoms with E-state index >= 15 is 0 Å². The molecule has 0 aliphatic carbocycles. The Morgan fingerprint density at radius 1 is 0.964 bits per heavy atom. The van der Waals surface area contributed by atoms with Crippen LogP contribution in [0, 0.1) is 0 Å². The van der Waals surface area contributed by atoms with Gasteiger partial charge in [-0.15, -0.1) is 0 Å². The molecule has 6 nitrogen and oxygen atoms in total. The number of carbonyl (C=O) groups excluding carboxylic acids is 1. The number of aromatic nitrogens is 2. The minimum atomic E-state index is -0.594. The lowest BCUT2D eigenvalue weighted by molar-refractivity contribution is -0.122. The summed E-state index contributed by atoms with van der Waals surface area (Å²) in [4.78, 5) is 37.6. The van der Waals surface area contributed by atoms with Gasteiger partial charge in [0.1, 0.15) is 6.54 Å². The Bertz CT molecular complexity index is 1010. The van der Waals surface area contributed by atoms with Gasteiger partial charge in [0, 0.05) is 12.3 Å². The average molecular weight is 377 g/mol. The second-order valence-corrected chi connectivity index (χ2v) is 6.65. The monoisotopic (exact) mass is 377 g/mol. The summed E-state index contributed by atoms with van der Waals surface area (Å²) in [6.07, 6.45) is 3.96. The van der Waals surface area contributed by atoms with Gasteiger partial charge in [-0.25, -0.2) is 4.79 Å². The van der Waals surface area contributed by atoms with Crippen molar-refractivity contribution < 1.29 is 4.79 Å². The molecule has 1 aromatic heterocycles. The molecule has 1 unspecified atom stereocenters. The van der Waals surface area contributed by atoms with E-state index in [-0.39, 0.29) is 18.5 Å². The van der Waals surface area contributed by atoms with Crippen LogP contribution in [0.5, 0.6) is 0 Å². The van der Waals surface area contributed by atoms with E-state index in [0.29, 0.717) is 0 Å². The van der Waals surface area contributed by atoms with Gasteiger partial charge < -0.3 is 5.32 Å². The molecule has 28 heavy (non-hydrogen) atoms. The Labute approximate surface area is 162 Å². The zero-order chi connectivity index (χ0) is 19.8. The minimum absolute atomic E-state index is 0.141. The first-order chi connectivity index (χ1) is 13.6. The van der Waals surface area contributed by atoms with Crippen LogP contribution in [-0.2, 0) is 17.8 Å². The number of nitrogens with one attached hydrogen (secondary N) is 2. The van der Waals surface area contributed by atoms with Gasteiger partial charge in [0.05, 0.1) is 6.04 Å². The highest BCUT2D eigenvalue weighted by molar-refractivity contribution is 5.76. The third kappa shape index (κ3) is 5.54. The number of hydrogen-bond acceptors (Lipinski definition) is 3. The predicted molar refractivity (Wildman–Crippen MR) is 108 cm³/mol. The smallest absolute Gasteiger partial charge is 0.328 e. The van der Waals surface area contributed by atoms with Gasteiger partial charge >= 0.3 is 5.69 Å². The number of aromatic amines is 1. The highest BCUT2D eigenvalue weighted by Gasteiger charge is 2.15. The van der Waals surface area contributed by atoms with Crippen LogP contribution < -0.4 is 16.6 Å². The molecule has 1 atom stereocenters. The number of carbonyl (C=O) groups is 1. The number of amides is 1. The van der Waals surface area contributed by atoms with Gasteiger partial charge in [0.25, 0.3) is 5.56 Å². The third-order valence-corrected chi connectivity index (χ3v) is 4.55. The van der Waals surface area contributed by atoms with E-state index in [2.05, 4.69) is 22.4 Å². The van der Waals surface area contributed by atoms with Gasteiger partial charge in [-0.1, -0.05) is 60.7 Å².